The molecule has 0 radical (unpaired) electrons. The first-order valence-corrected chi connectivity index (χ1v) is 5.76. The minimum Gasteiger partial charge on any atom is -0.299 e. The molecule has 0 atom stereocenters. The van der Waals surface area contributed by atoms with Crippen LogP contribution in [0.5, 0.6) is 0 Å². The van der Waals surface area contributed by atoms with Crippen LogP contribution in [0.4, 0.5) is 0 Å². The number of nitrogens with zero attached hydrogens (tertiary/aromatic N) is 2. The number of rotatable bonds is 3. The molecule has 0 spiro atoms. The lowest BCUT2D eigenvalue weighted by Crippen LogP contribution is -2.20. The first-order chi connectivity index (χ1) is 7.25. The van der Waals surface area contributed by atoms with Crippen molar-refractivity contribution in [1.82, 2.24) is 9.55 Å². The van der Waals surface area contributed by atoms with E-state index in [0.29, 0.717) is 6.54 Å². The summed E-state index contributed by atoms with van der Waals surface area (Å²) in [4.78, 5) is 16.6. The van der Waals surface area contributed by atoms with Crippen molar-refractivity contribution in [2.45, 2.75) is 13.0 Å². The van der Waals surface area contributed by atoms with Gasteiger partial charge in [-0.3, -0.25) is 9.36 Å². The van der Waals surface area contributed by atoms with Gasteiger partial charge in [0, 0.05) is 17.5 Å². The van der Waals surface area contributed by atoms with E-state index in [0.717, 1.165) is 6.42 Å². The third-order valence-electron chi connectivity index (χ3n) is 2.03. The largest absolute Gasteiger partial charge is 0.299 e. The molecule has 0 saturated heterocycles. The Hall–Kier alpha value is -1.13. The Morgan fingerprint density at radius 2 is 2.40 bits per heavy atom. The predicted octanol–water partition coefficient (Wildman–Crippen LogP) is 2.20. The Morgan fingerprint density at radius 1 is 1.53 bits per heavy atom. The van der Waals surface area contributed by atoms with Crippen molar-refractivity contribution in [3.8, 4) is 0 Å². The molecule has 0 aliphatic carbocycles. The number of hydrogen-bond acceptors (Lipinski definition) is 3. The molecule has 0 N–H and O–H groups in total. The average Bonchev–Trinajstić information content (AvgIpc) is 2.69. The van der Waals surface area contributed by atoms with Gasteiger partial charge in [0.1, 0.15) is 5.15 Å². The fourth-order valence-corrected chi connectivity index (χ4v) is 2.09. The van der Waals surface area contributed by atoms with E-state index in [9.17, 15) is 4.79 Å². The normalized spacial score (nSPS) is 10.5. The monoisotopic (exact) mass is 240 g/mol. The average molecular weight is 241 g/mol. The molecule has 0 amide bonds. The Balaban J connectivity index is 2.09. The first-order valence-electron chi connectivity index (χ1n) is 4.50. The summed E-state index contributed by atoms with van der Waals surface area (Å²) in [6, 6.07) is 5.39. The second kappa shape index (κ2) is 4.59. The third kappa shape index (κ3) is 2.67. The molecule has 2 heterocycles. The number of thiophene rings is 1. The molecule has 15 heavy (non-hydrogen) atoms. The van der Waals surface area contributed by atoms with Crippen LogP contribution in [-0.4, -0.2) is 9.55 Å². The molecular weight excluding hydrogens is 232 g/mol. The summed E-state index contributed by atoms with van der Waals surface area (Å²) in [7, 11) is 0. The molecule has 2 rings (SSSR count). The topological polar surface area (TPSA) is 34.9 Å². The van der Waals surface area contributed by atoms with Crippen LogP contribution < -0.4 is 5.56 Å². The van der Waals surface area contributed by atoms with Crippen LogP contribution >= 0.6 is 22.9 Å². The van der Waals surface area contributed by atoms with E-state index in [1.165, 1.54) is 17.3 Å². The molecule has 0 saturated carbocycles. The van der Waals surface area contributed by atoms with E-state index in [-0.39, 0.29) is 10.7 Å². The summed E-state index contributed by atoms with van der Waals surface area (Å²) < 4.78 is 1.56. The van der Waals surface area contributed by atoms with E-state index < -0.39 is 0 Å². The molecule has 78 valence electrons. The van der Waals surface area contributed by atoms with Crippen molar-refractivity contribution in [2.24, 2.45) is 0 Å². The van der Waals surface area contributed by atoms with Crippen molar-refractivity contribution >= 4 is 22.9 Å². The van der Waals surface area contributed by atoms with Crippen LogP contribution in [0.1, 0.15) is 4.88 Å². The van der Waals surface area contributed by atoms with Gasteiger partial charge in [-0.2, -0.15) is 0 Å². The predicted molar refractivity (Wildman–Crippen MR) is 61.5 cm³/mol. The van der Waals surface area contributed by atoms with E-state index in [2.05, 4.69) is 11.1 Å². The van der Waals surface area contributed by atoms with Gasteiger partial charge in [0.25, 0.3) is 5.56 Å². The Morgan fingerprint density at radius 3 is 3.07 bits per heavy atom. The summed E-state index contributed by atoms with van der Waals surface area (Å²) in [6.45, 7) is 0.642. The van der Waals surface area contributed by atoms with E-state index in [1.54, 1.807) is 15.9 Å². The number of aryl methyl sites for hydroxylation is 2. The number of hydrogen-bond donors (Lipinski definition) is 0. The summed E-state index contributed by atoms with van der Waals surface area (Å²) in [5, 5.41) is 2.27. The van der Waals surface area contributed by atoms with Gasteiger partial charge < -0.3 is 0 Å². The van der Waals surface area contributed by atoms with E-state index in [1.807, 2.05) is 11.4 Å². The lowest BCUT2D eigenvalue weighted by Gasteiger charge is -2.02. The van der Waals surface area contributed by atoms with Crippen molar-refractivity contribution < 1.29 is 0 Å². The van der Waals surface area contributed by atoms with Gasteiger partial charge in [-0.1, -0.05) is 17.7 Å². The Bertz CT molecular complexity index is 492. The van der Waals surface area contributed by atoms with E-state index >= 15 is 0 Å². The van der Waals surface area contributed by atoms with Crippen molar-refractivity contribution in [1.29, 1.82) is 0 Å². The second-order valence-corrected chi connectivity index (χ2v) is 4.49. The lowest BCUT2D eigenvalue weighted by atomic mass is 10.3. The second-order valence-electron chi connectivity index (χ2n) is 3.07. The molecule has 0 fully saturated rings. The van der Waals surface area contributed by atoms with Crippen molar-refractivity contribution in [2.75, 3.05) is 0 Å². The first kappa shape index (κ1) is 10.4. The molecule has 0 aliphatic rings. The molecule has 2 aromatic rings. The highest BCUT2D eigenvalue weighted by atomic mass is 35.5. The Labute approximate surface area is 96.0 Å². The quantitative estimate of drug-likeness (QED) is 0.771. The van der Waals surface area contributed by atoms with Gasteiger partial charge in [0.2, 0.25) is 0 Å². The number of aromatic nitrogens is 2. The zero-order chi connectivity index (χ0) is 10.7. The van der Waals surface area contributed by atoms with Gasteiger partial charge >= 0.3 is 0 Å². The highest BCUT2D eigenvalue weighted by Gasteiger charge is 1.99. The molecule has 0 aliphatic heterocycles. The Kier molecular flexibility index (Phi) is 3.18. The van der Waals surface area contributed by atoms with Gasteiger partial charge in [-0.25, -0.2) is 4.98 Å². The highest BCUT2D eigenvalue weighted by Crippen LogP contribution is 2.09. The van der Waals surface area contributed by atoms with Crippen LogP contribution in [-0.2, 0) is 13.0 Å². The zero-order valence-corrected chi connectivity index (χ0v) is 9.46. The maximum Gasteiger partial charge on any atom is 0.254 e. The van der Waals surface area contributed by atoms with Crippen LogP contribution in [0.3, 0.4) is 0 Å². The minimum atomic E-state index is -0.105. The maximum absolute atomic E-state index is 11.4. The van der Waals surface area contributed by atoms with Crippen LogP contribution in [0.15, 0.2) is 34.7 Å². The maximum atomic E-state index is 11.4. The molecule has 2 aromatic heterocycles. The van der Waals surface area contributed by atoms with Gasteiger partial charge in [-0.05, 0) is 17.9 Å². The third-order valence-corrected chi connectivity index (χ3v) is 3.17. The molecule has 3 nitrogen and oxygen atoms in total. The lowest BCUT2D eigenvalue weighted by molar-refractivity contribution is 0.659. The summed E-state index contributed by atoms with van der Waals surface area (Å²) in [6.07, 6.45) is 2.33. The van der Waals surface area contributed by atoms with Gasteiger partial charge in [0.15, 0.2) is 0 Å². The summed E-state index contributed by atoms with van der Waals surface area (Å²) in [5.41, 5.74) is -0.105. The van der Waals surface area contributed by atoms with Gasteiger partial charge in [-0.15, -0.1) is 11.3 Å². The highest BCUT2D eigenvalue weighted by molar-refractivity contribution is 7.09. The van der Waals surface area contributed by atoms with Crippen LogP contribution in [0.2, 0.25) is 5.15 Å². The van der Waals surface area contributed by atoms with E-state index in [4.69, 9.17) is 11.6 Å². The smallest absolute Gasteiger partial charge is 0.254 e. The van der Waals surface area contributed by atoms with Gasteiger partial charge in [0.05, 0.1) is 6.33 Å². The fraction of sp³-hybridized carbons (Fsp3) is 0.200. The summed E-state index contributed by atoms with van der Waals surface area (Å²) in [5.74, 6) is 0. The zero-order valence-electron chi connectivity index (χ0n) is 7.89. The standard InChI is InChI=1S/C10H9ClN2OS/c11-9-6-10(14)13(7-12-9)4-3-8-2-1-5-15-8/h1-2,5-7H,3-4H2. The van der Waals surface area contributed by atoms with Crippen molar-refractivity contribution in [3.63, 3.8) is 0 Å². The SMILES string of the molecule is O=c1cc(Cl)ncn1CCc1cccs1. The van der Waals surface area contributed by atoms with Crippen LogP contribution in [0.25, 0.3) is 0 Å². The summed E-state index contributed by atoms with van der Waals surface area (Å²) >= 11 is 7.28. The molecule has 0 aromatic carbocycles. The number of halogens is 1. The molecule has 0 unspecified atom stereocenters. The molecule has 5 heteroatoms. The van der Waals surface area contributed by atoms with Crippen LogP contribution in [0, 0.1) is 0 Å². The minimum absolute atomic E-state index is 0.105. The fourth-order valence-electron chi connectivity index (χ4n) is 1.26. The molecule has 0 bridgehead atoms. The molecular formula is C10H9ClN2OS. The van der Waals surface area contributed by atoms with Crippen molar-refractivity contribution in [3.05, 3.63) is 50.3 Å².